The Morgan fingerprint density at radius 1 is 1.27 bits per heavy atom. The number of hydrogen-bond donors (Lipinski definition) is 2. The Kier molecular flexibility index (Phi) is 4.93. The summed E-state index contributed by atoms with van der Waals surface area (Å²) >= 11 is 4.85. The standard InChI is InChI=1S/C9H18N4OS/c1-11-9(14)7-13-4-2-12(3-5-13)6-8(10)15/h2-7H2,1H3,(H2,10,15)(H,11,14). The maximum Gasteiger partial charge on any atom is 0.233 e. The second kappa shape index (κ2) is 5.99. The van der Waals surface area contributed by atoms with E-state index in [1.807, 2.05) is 0 Å². The van der Waals surface area contributed by atoms with Gasteiger partial charge in [-0.15, -0.1) is 0 Å². The molecule has 0 unspecified atom stereocenters. The van der Waals surface area contributed by atoms with E-state index in [9.17, 15) is 4.79 Å². The third kappa shape index (κ3) is 4.55. The number of thiocarbonyl (C=S) groups is 1. The summed E-state index contributed by atoms with van der Waals surface area (Å²) in [4.78, 5) is 16.0. The highest BCUT2D eigenvalue weighted by atomic mass is 32.1. The zero-order chi connectivity index (χ0) is 11.3. The highest BCUT2D eigenvalue weighted by Crippen LogP contribution is 2.00. The molecule has 0 aliphatic carbocycles. The lowest BCUT2D eigenvalue weighted by molar-refractivity contribution is -0.122. The smallest absolute Gasteiger partial charge is 0.233 e. The molecule has 1 aliphatic heterocycles. The van der Waals surface area contributed by atoms with Crippen molar-refractivity contribution in [1.82, 2.24) is 15.1 Å². The zero-order valence-corrected chi connectivity index (χ0v) is 9.85. The van der Waals surface area contributed by atoms with Crippen LogP contribution in [0.1, 0.15) is 0 Å². The molecular formula is C9H18N4OS. The largest absolute Gasteiger partial charge is 0.392 e. The van der Waals surface area contributed by atoms with Crippen LogP contribution in [0.2, 0.25) is 0 Å². The van der Waals surface area contributed by atoms with Crippen molar-refractivity contribution < 1.29 is 4.79 Å². The summed E-state index contributed by atoms with van der Waals surface area (Å²) in [6, 6.07) is 0. The Bertz CT molecular complexity index is 238. The van der Waals surface area contributed by atoms with Crippen LogP contribution in [0.3, 0.4) is 0 Å². The minimum Gasteiger partial charge on any atom is -0.392 e. The number of nitrogens with one attached hydrogen (secondary N) is 1. The Morgan fingerprint density at radius 2 is 1.73 bits per heavy atom. The monoisotopic (exact) mass is 230 g/mol. The number of likely N-dealkylation sites (N-methyl/N-ethyl adjacent to an activating group) is 1. The minimum absolute atomic E-state index is 0.0674. The lowest BCUT2D eigenvalue weighted by Crippen LogP contribution is -2.50. The number of amides is 1. The first-order valence-corrected chi connectivity index (χ1v) is 5.46. The molecule has 5 nitrogen and oxygen atoms in total. The number of carbonyl (C=O) groups excluding carboxylic acids is 1. The van der Waals surface area contributed by atoms with Gasteiger partial charge in [0, 0.05) is 39.8 Å². The number of piperazine rings is 1. The molecule has 0 spiro atoms. The van der Waals surface area contributed by atoms with E-state index in [1.165, 1.54) is 0 Å². The SMILES string of the molecule is CNC(=O)CN1CCN(CC(N)=S)CC1. The third-order valence-electron chi connectivity index (χ3n) is 2.49. The molecule has 1 fully saturated rings. The first kappa shape index (κ1) is 12.4. The fraction of sp³-hybridized carbons (Fsp3) is 0.778. The van der Waals surface area contributed by atoms with Gasteiger partial charge >= 0.3 is 0 Å². The van der Waals surface area contributed by atoms with Crippen LogP contribution in [0.15, 0.2) is 0 Å². The van der Waals surface area contributed by atoms with Crippen molar-refractivity contribution in [3.8, 4) is 0 Å². The Hall–Kier alpha value is -0.720. The summed E-state index contributed by atoms with van der Waals surface area (Å²) in [5, 5.41) is 2.62. The normalized spacial score (nSPS) is 18.7. The van der Waals surface area contributed by atoms with Gasteiger partial charge in [0.2, 0.25) is 5.91 Å². The van der Waals surface area contributed by atoms with Crippen LogP contribution >= 0.6 is 12.2 Å². The molecule has 6 heteroatoms. The Labute approximate surface area is 95.6 Å². The van der Waals surface area contributed by atoms with Crippen LogP contribution in [0.4, 0.5) is 0 Å². The average Bonchev–Trinajstić information content (AvgIpc) is 2.20. The Balaban J connectivity index is 2.23. The van der Waals surface area contributed by atoms with Gasteiger partial charge < -0.3 is 11.1 Å². The maximum atomic E-state index is 11.1. The quantitative estimate of drug-likeness (QED) is 0.584. The molecule has 0 bridgehead atoms. The van der Waals surface area contributed by atoms with Gasteiger partial charge in [-0.1, -0.05) is 12.2 Å². The van der Waals surface area contributed by atoms with E-state index in [1.54, 1.807) is 7.05 Å². The molecule has 1 amide bonds. The summed E-state index contributed by atoms with van der Waals surface area (Å²) in [7, 11) is 1.66. The molecule has 1 rings (SSSR count). The molecule has 0 atom stereocenters. The van der Waals surface area contributed by atoms with E-state index in [-0.39, 0.29) is 5.91 Å². The van der Waals surface area contributed by atoms with Crippen LogP contribution in [-0.2, 0) is 4.79 Å². The van der Waals surface area contributed by atoms with Crippen molar-refractivity contribution in [2.45, 2.75) is 0 Å². The van der Waals surface area contributed by atoms with Gasteiger partial charge in [-0.2, -0.15) is 0 Å². The summed E-state index contributed by atoms with van der Waals surface area (Å²) in [6.07, 6.45) is 0. The van der Waals surface area contributed by atoms with Gasteiger partial charge in [-0.05, 0) is 0 Å². The van der Waals surface area contributed by atoms with Crippen molar-refractivity contribution >= 4 is 23.1 Å². The van der Waals surface area contributed by atoms with E-state index < -0.39 is 0 Å². The van der Waals surface area contributed by atoms with Crippen molar-refractivity contribution in [3.05, 3.63) is 0 Å². The maximum absolute atomic E-state index is 11.1. The van der Waals surface area contributed by atoms with Crippen LogP contribution in [-0.4, -0.2) is 67.0 Å². The zero-order valence-electron chi connectivity index (χ0n) is 9.03. The molecule has 0 aromatic heterocycles. The van der Waals surface area contributed by atoms with Gasteiger partial charge in [0.05, 0.1) is 11.5 Å². The second-order valence-corrected chi connectivity index (χ2v) is 4.22. The Morgan fingerprint density at radius 3 is 2.13 bits per heavy atom. The van der Waals surface area contributed by atoms with Crippen molar-refractivity contribution in [2.75, 3.05) is 46.3 Å². The third-order valence-corrected chi connectivity index (χ3v) is 2.62. The number of nitrogens with zero attached hydrogens (tertiary/aromatic N) is 2. The topological polar surface area (TPSA) is 61.6 Å². The second-order valence-electron chi connectivity index (χ2n) is 3.69. The fourth-order valence-corrected chi connectivity index (χ4v) is 1.79. The molecular weight excluding hydrogens is 212 g/mol. The molecule has 86 valence electrons. The van der Waals surface area contributed by atoms with E-state index >= 15 is 0 Å². The van der Waals surface area contributed by atoms with Gasteiger partial charge in [-0.25, -0.2) is 0 Å². The first-order valence-electron chi connectivity index (χ1n) is 5.05. The number of rotatable bonds is 4. The lowest BCUT2D eigenvalue weighted by Gasteiger charge is -2.33. The first-order chi connectivity index (χ1) is 7.11. The van der Waals surface area contributed by atoms with Gasteiger partial charge in [0.25, 0.3) is 0 Å². The van der Waals surface area contributed by atoms with Crippen LogP contribution in [0.5, 0.6) is 0 Å². The van der Waals surface area contributed by atoms with Crippen molar-refractivity contribution in [2.24, 2.45) is 5.73 Å². The molecule has 0 radical (unpaired) electrons. The molecule has 0 aromatic carbocycles. The number of nitrogens with two attached hydrogens (primary N) is 1. The average molecular weight is 230 g/mol. The van der Waals surface area contributed by atoms with Gasteiger partial charge in [-0.3, -0.25) is 14.6 Å². The lowest BCUT2D eigenvalue weighted by atomic mass is 10.3. The van der Waals surface area contributed by atoms with Gasteiger partial charge in [0.15, 0.2) is 0 Å². The predicted molar refractivity (Wildman–Crippen MR) is 63.7 cm³/mol. The minimum atomic E-state index is 0.0674. The van der Waals surface area contributed by atoms with E-state index in [2.05, 4.69) is 15.1 Å². The molecule has 15 heavy (non-hydrogen) atoms. The highest BCUT2D eigenvalue weighted by Gasteiger charge is 2.18. The molecule has 0 aromatic rings. The van der Waals surface area contributed by atoms with Gasteiger partial charge in [0.1, 0.15) is 0 Å². The molecule has 1 heterocycles. The van der Waals surface area contributed by atoms with E-state index in [0.29, 0.717) is 18.1 Å². The van der Waals surface area contributed by atoms with Crippen LogP contribution in [0.25, 0.3) is 0 Å². The van der Waals surface area contributed by atoms with Crippen LogP contribution in [0, 0.1) is 0 Å². The van der Waals surface area contributed by atoms with Crippen LogP contribution < -0.4 is 11.1 Å². The van der Waals surface area contributed by atoms with E-state index in [4.69, 9.17) is 18.0 Å². The fourth-order valence-electron chi connectivity index (χ4n) is 1.61. The molecule has 0 saturated carbocycles. The number of hydrogen-bond acceptors (Lipinski definition) is 4. The van der Waals surface area contributed by atoms with E-state index in [0.717, 1.165) is 26.2 Å². The summed E-state index contributed by atoms with van der Waals surface area (Å²) in [5.74, 6) is 0.0674. The molecule has 1 saturated heterocycles. The highest BCUT2D eigenvalue weighted by molar-refractivity contribution is 7.80. The summed E-state index contributed by atoms with van der Waals surface area (Å²) in [6.45, 7) is 4.81. The predicted octanol–water partition coefficient (Wildman–Crippen LogP) is -1.36. The number of carbonyl (C=O) groups is 1. The molecule has 3 N–H and O–H groups in total. The van der Waals surface area contributed by atoms with Crippen molar-refractivity contribution in [3.63, 3.8) is 0 Å². The van der Waals surface area contributed by atoms with Crippen molar-refractivity contribution in [1.29, 1.82) is 0 Å². The summed E-state index contributed by atoms with van der Waals surface area (Å²) in [5.41, 5.74) is 5.47. The molecule has 1 aliphatic rings. The summed E-state index contributed by atoms with van der Waals surface area (Å²) < 4.78 is 0.